The Morgan fingerprint density at radius 1 is 1.33 bits per heavy atom. The monoisotopic (exact) mass is 351 g/mol. The molecule has 132 valence electrons. The van der Waals surface area contributed by atoms with Gasteiger partial charge in [0.05, 0.1) is 15.8 Å². The normalized spacial score (nSPS) is 18.3. The van der Waals surface area contributed by atoms with Crippen LogP contribution in [0.3, 0.4) is 0 Å². The average Bonchev–Trinajstić information content (AvgIpc) is 2.86. The summed E-state index contributed by atoms with van der Waals surface area (Å²) in [5.41, 5.74) is 5.71. The number of carbonyl (C=O) groups excluding carboxylic acids is 3. The van der Waals surface area contributed by atoms with Crippen molar-refractivity contribution in [1.82, 2.24) is 4.90 Å². The van der Waals surface area contributed by atoms with E-state index in [4.69, 9.17) is 5.73 Å². The van der Waals surface area contributed by atoms with Gasteiger partial charge in [-0.1, -0.05) is 20.8 Å². The predicted octanol–water partition coefficient (Wildman–Crippen LogP) is 2.38. The highest BCUT2D eigenvalue weighted by Gasteiger charge is 2.29. The summed E-state index contributed by atoms with van der Waals surface area (Å²) in [5, 5.41) is 3.53. The Balaban J connectivity index is 2.13. The number of hydrogen-bond acceptors (Lipinski definition) is 4. The Bertz CT molecular complexity index is 661. The van der Waals surface area contributed by atoms with E-state index in [1.54, 1.807) is 4.90 Å². The van der Waals surface area contributed by atoms with Crippen LogP contribution >= 0.6 is 11.3 Å². The number of likely N-dealkylation sites (tertiary alicyclic amines) is 1. The fraction of sp³-hybridized carbons (Fsp3) is 0.588. The minimum absolute atomic E-state index is 0.0884. The van der Waals surface area contributed by atoms with Crippen molar-refractivity contribution < 1.29 is 14.4 Å². The molecule has 1 aliphatic heterocycles. The molecule has 3 N–H and O–H groups in total. The predicted molar refractivity (Wildman–Crippen MR) is 95.0 cm³/mol. The summed E-state index contributed by atoms with van der Waals surface area (Å²) >= 11 is 1.28. The van der Waals surface area contributed by atoms with Gasteiger partial charge >= 0.3 is 0 Å². The molecule has 0 aliphatic carbocycles. The Morgan fingerprint density at radius 2 is 2.00 bits per heavy atom. The second kappa shape index (κ2) is 6.93. The molecule has 0 bridgehead atoms. The van der Waals surface area contributed by atoms with E-state index in [-0.39, 0.29) is 23.6 Å². The summed E-state index contributed by atoms with van der Waals surface area (Å²) in [7, 11) is 0. The summed E-state index contributed by atoms with van der Waals surface area (Å²) in [6, 6.07) is 1.82. The number of amides is 3. The smallest absolute Gasteiger partial charge is 0.264 e. The van der Waals surface area contributed by atoms with E-state index in [1.165, 1.54) is 11.3 Å². The minimum atomic E-state index is -0.496. The average molecular weight is 351 g/mol. The van der Waals surface area contributed by atoms with Gasteiger partial charge in [-0.25, -0.2) is 0 Å². The van der Waals surface area contributed by atoms with Gasteiger partial charge in [-0.3, -0.25) is 14.4 Å². The number of nitrogens with one attached hydrogen (secondary N) is 1. The number of rotatable bonds is 3. The van der Waals surface area contributed by atoms with E-state index in [2.05, 4.69) is 5.32 Å². The summed E-state index contributed by atoms with van der Waals surface area (Å²) in [4.78, 5) is 38.5. The molecular formula is C17H25N3O3S. The lowest BCUT2D eigenvalue weighted by Crippen LogP contribution is -2.44. The molecule has 2 heterocycles. The van der Waals surface area contributed by atoms with Crippen LogP contribution in [0.2, 0.25) is 0 Å². The summed E-state index contributed by atoms with van der Waals surface area (Å²) in [5.74, 6) is -0.814. The van der Waals surface area contributed by atoms with Gasteiger partial charge in [0.15, 0.2) is 0 Å². The molecule has 1 atom stereocenters. The van der Waals surface area contributed by atoms with E-state index in [0.29, 0.717) is 23.0 Å². The van der Waals surface area contributed by atoms with Crippen molar-refractivity contribution in [2.24, 2.45) is 17.1 Å². The quantitative estimate of drug-likeness (QED) is 0.875. The molecule has 6 nitrogen and oxygen atoms in total. The van der Waals surface area contributed by atoms with Crippen LogP contribution in [0.5, 0.6) is 0 Å². The van der Waals surface area contributed by atoms with Crippen LogP contribution in [0.25, 0.3) is 0 Å². The molecule has 1 aliphatic rings. The number of nitrogens with zero attached hydrogens (tertiary/aromatic N) is 1. The highest BCUT2D eigenvalue weighted by Crippen LogP contribution is 2.30. The first kappa shape index (κ1) is 18.4. The van der Waals surface area contributed by atoms with Crippen LogP contribution in [0, 0.1) is 18.3 Å². The number of thiophene rings is 1. The molecule has 3 amide bonds. The topological polar surface area (TPSA) is 92.5 Å². The van der Waals surface area contributed by atoms with Crippen LogP contribution < -0.4 is 11.1 Å². The van der Waals surface area contributed by atoms with Gasteiger partial charge in [0.1, 0.15) is 0 Å². The SMILES string of the molecule is Cc1cc(NC(=O)C(C)(C)C)sc1C(=O)N1CCCC(C(N)=O)C1. The zero-order chi connectivity index (χ0) is 18.1. The zero-order valence-corrected chi connectivity index (χ0v) is 15.5. The minimum Gasteiger partial charge on any atom is -0.369 e. The van der Waals surface area contributed by atoms with Gasteiger partial charge in [0, 0.05) is 18.5 Å². The molecule has 1 aromatic heterocycles. The number of piperidine rings is 1. The molecular weight excluding hydrogens is 326 g/mol. The Hall–Kier alpha value is -1.89. The van der Waals surface area contributed by atoms with E-state index >= 15 is 0 Å². The number of aryl methyl sites for hydroxylation is 1. The van der Waals surface area contributed by atoms with Gasteiger partial charge in [0.25, 0.3) is 5.91 Å². The van der Waals surface area contributed by atoms with Gasteiger partial charge in [-0.2, -0.15) is 0 Å². The molecule has 2 rings (SSSR count). The first-order valence-electron chi connectivity index (χ1n) is 8.10. The third-order valence-electron chi connectivity index (χ3n) is 4.14. The largest absolute Gasteiger partial charge is 0.369 e. The molecule has 0 spiro atoms. The van der Waals surface area contributed by atoms with Gasteiger partial charge in [-0.05, 0) is 31.4 Å². The van der Waals surface area contributed by atoms with Crippen molar-refractivity contribution in [3.05, 3.63) is 16.5 Å². The van der Waals surface area contributed by atoms with Crippen molar-refractivity contribution in [2.45, 2.75) is 40.5 Å². The first-order valence-corrected chi connectivity index (χ1v) is 8.91. The Kier molecular flexibility index (Phi) is 5.32. The molecule has 1 aromatic rings. The second-order valence-corrected chi connectivity index (χ2v) is 8.37. The van der Waals surface area contributed by atoms with Crippen molar-refractivity contribution in [2.75, 3.05) is 18.4 Å². The summed E-state index contributed by atoms with van der Waals surface area (Å²) in [6.45, 7) is 8.37. The third-order valence-corrected chi connectivity index (χ3v) is 5.28. The van der Waals surface area contributed by atoms with E-state index in [0.717, 1.165) is 18.4 Å². The number of hydrogen-bond donors (Lipinski definition) is 2. The number of carbonyl (C=O) groups is 3. The zero-order valence-electron chi connectivity index (χ0n) is 14.6. The number of nitrogens with two attached hydrogens (primary N) is 1. The molecule has 0 aromatic carbocycles. The third kappa shape index (κ3) is 4.14. The molecule has 1 fully saturated rings. The van der Waals surface area contributed by atoms with E-state index in [1.807, 2.05) is 33.8 Å². The molecule has 0 radical (unpaired) electrons. The lowest BCUT2D eigenvalue weighted by molar-refractivity contribution is -0.123. The lowest BCUT2D eigenvalue weighted by atomic mass is 9.96. The molecule has 1 unspecified atom stereocenters. The van der Waals surface area contributed by atoms with Crippen molar-refractivity contribution in [1.29, 1.82) is 0 Å². The fourth-order valence-electron chi connectivity index (χ4n) is 2.59. The van der Waals surface area contributed by atoms with Crippen LogP contribution in [0.15, 0.2) is 6.07 Å². The maximum atomic E-state index is 12.8. The molecule has 7 heteroatoms. The van der Waals surface area contributed by atoms with Crippen LogP contribution in [0.4, 0.5) is 5.00 Å². The Morgan fingerprint density at radius 3 is 2.58 bits per heavy atom. The summed E-state index contributed by atoms with van der Waals surface area (Å²) < 4.78 is 0. The van der Waals surface area contributed by atoms with Crippen molar-refractivity contribution in [3.8, 4) is 0 Å². The maximum Gasteiger partial charge on any atom is 0.264 e. The van der Waals surface area contributed by atoms with Crippen molar-refractivity contribution in [3.63, 3.8) is 0 Å². The maximum absolute atomic E-state index is 12.8. The van der Waals surface area contributed by atoms with Crippen LogP contribution in [0.1, 0.15) is 48.8 Å². The van der Waals surface area contributed by atoms with Gasteiger partial charge in [0.2, 0.25) is 11.8 Å². The fourth-order valence-corrected chi connectivity index (χ4v) is 3.63. The highest BCUT2D eigenvalue weighted by molar-refractivity contribution is 7.18. The van der Waals surface area contributed by atoms with Gasteiger partial charge in [-0.15, -0.1) is 11.3 Å². The standard InChI is InChI=1S/C17H25N3O3S/c1-10-8-12(19-16(23)17(2,3)4)24-13(10)15(22)20-7-5-6-11(9-20)14(18)21/h8,11H,5-7,9H2,1-4H3,(H2,18,21)(H,19,23). The molecule has 24 heavy (non-hydrogen) atoms. The van der Waals surface area contributed by atoms with Crippen LogP contribution in [-0.2, 0) is 9.59 Å². The van der Waals surface area contributed by atoms with E-state index < -0.39 is 5.41 Å². The first-order chi connectivity index (χ1) is 11.1. The highest BCUT2D eigenvalue weighted by atomic mass is 32.1. The van der Waals surface area contributed by atoms with Gasteiger partial charge < -0.3 is 16.0 Å². The number of anilines is 1. The molecule has 0 saturated carbocycles. The van der Waals surface area contributed by atoms with Crippen molar-refractivity contribution >= 4 is 34.1 Å². The number of primary amides is 1. The molecule has 1 saturated heterocycles. The Labute approximate surface area is 146 Å². The van der Waals surface area contributed by atoms with Crippen LogP contribution in [-0.4, -0.2) is 35.7 Å². The van der Waals surface area contributed by atoms with E-state index in [9.17, 15) is 14.4 Å². The summed E-state index contributed by atoms with van der Waals surface area (Å²) in [6.07, 6.45) is 1.51. The second-order valence-electron chi connectivity index (χ2n) is 7.32. The lowest BCUT2D eigenvalue weighted by Gasteiger charge is -2.31.